The average molecular weight is 333 g/mol. The third-order valence-electron chi connectivity index (χ3n) is 4.52. The maximum atomic E-state index is 12.3. The summed E-state index contributed by atoms with van der Waals surface area (Å²) >= 11 is 0. The summed E-state index contributed by atoms with van der Waals surface area (Å²) in [6.45, 7) is 6.41. The number of benzene rings is 1. The van der Waals surface area contributed by atoms with E-state index in [9.17, 15) is 4.79 Å². The first-order chi connectivity index (χ1) is 11.7. The predicted molar refractivity (Wildman–Crippen MR) is 103 cm³/mol. The average Bonchev–Trinajstić information content (AvgIpc) is 2.57. The van der Waals surface area contributed by atoms with Crippen LogP contribution in [-0.2, 0) is 4.74 Å². The molecule has 0 aliphatic carbocycles. The lowest BCUT2D eigenvalue weighted by Crippen LogP contribution is -2.18. The Bertz CT molecular complexity index is 453. The highest BCUT2D eigenvalue weighted by Crippen LogP contribution is 2.17. The summed E-state index contributed by atoms with van der Waals surface area (Å²) in [6, 6.07) is 7.66. The molecule has 0 bridgehead atoms. The smallest absolute Gasteiger partial charge is 0.338 e. The standard InChI is InChI=1S/C22H36O2/c1-4-6-7-8-9-10-11-12-17-21(14-5-2)24-22(23)20-16-13-15-19(3)18-20/h13,15-16,18,21H,4-12,14,17H2,1-3H3. The first-order valence-electron chi connectivity index (χ1n) is 9.95. The number of carbonyl (C=O) groups excluding carboxylic acids is 1. The molecule has 136 valence electrons. The van der Waals surface area contributed by atoms with E-state index in [2.05, 4.69) is 13.8 Å². The summed E-state index contributed by atoms with van der Waals surface area (Å²) in [4.78, 5) is 12.3. The highest BCUT2D eigenvalue weighted by atomic mass is 16.5. The zero-order valence-corrected chi connectivity index (χ0v) is 16.0. The normalized spacial score (nSPS) is 12.1. The molecule has 0 saturated heterocycles. The molecular formula is C22H36O2. The molecule has 1 aromatic rings. The minimum Gasteiger partial charge on any atom is -0.459 e. The van der Waals surface area contributed by atoms with Crippen molar-refractivity contribution in [3.05, 3.63) is 35.4 Å². The van der Waals surface area contributed by atoms with Gasteiger partial charge in [-0.1, -0.05) is 82.9 Å². The summed E-state index contributed by atoms with van der Waals surface area (Å²) < 4.78 is 5.75. The zero-order valence-electron chi connectivity index (χ0n) is 16.0. The Labute approximate surface area is 149 Å². The molecule has 0 aliphatic rings. The zero-order chi connectivity index (χ0) is 17.6. The number of unbranched alkanes of at least 4 members (excludes halogenated alkanes) is 7. The minimum absolute atomic E-state index is 0.0723. The molecule has 0 N–H and O–H groups in total. The molecule has 0 radical (unpaired) electrons. The Balaban J connectivity index is 2.27. The van der Waals surface area contributed by atoms with Gasteiger partial charge in [0.05, 0.1) is 5.56 Å². The van der Waals surface area contributed by atoms with E-state index in [1.807, 2.05) is 31.2 Å². The summed E-state index contributed by atoms with van der Waals surface area (Å²) in [5.41, 5.74) is 1.77. The lowest BCUT2D eigenvalue weighted by molar-refractivity contribution is 0.0253. The Morgan fingerprint density at radius 2 is 1.58 bits per heavy atom. The van der Waals surface area contributed by atoms with Crippen molar-refractivity contribution < 1.29 is 9.53 Å². The fraction of sp³-hybridized carbons (Fsp3) is 0.682. The van der Waals surface area contributed by atoms with Crippen LogP contribution < -0.4 is 0 Å². The number of carbonyl (C=O) groups is 1. The first-order valence-corrected chi connectivity index (χ1v) is 9.95. The van der Waals surface area contributed by atoms with Gasteiger partial charge in [0, 0.05) is 0 Å². The van der Waals surface area contributed by atoms with Gasteiger partial charge >= 0.3 is 5.97 Å². The highest BCUT2D eigenvalue weighted by molar-refractivity contribution is 5.89. The van der Waals surface area contributed by atoms with Gasteiger partial charge in [-0.15, -0.1) is 0 Å². The molecule has 0 amide bonds. The van der Waals surface area contributed by atoms with E-state index in [0.717, 1.165) is 24.8 Å². The summed E-state index contributed by atoms with van der Waals surface area (Å²) in [5.74, 6) is -0.170. The van der Waals surface area contributed by atoms with E-state index in [4.69, 9.17) is 4.74 Å². The van der Waals surface area contributed by atoms with Crippen LogP contribution in [0.25, 0.3) is 0 Å². The van der Waals surface area contributed by atoms with Gasteiger partial charge in [-0.3, -0.25) is 0 Å². The molecule has 2 nitrogen and oxygen atoms in total. The SMILES string of the molecule is CCCCCCCCCCC(CCC)OC(=O)c1cccc(C)c1. The molecule has 0 spiro atoms. The molecule has 1 rings (SSSR count). The first kappa shape index (κ1) is 20.7. The van der Waals surface area contributed by atoms with Crippen LogP contribution in [0, 0.1) is 6.92 Å². The third kappa shape index (κ3) is 9.10. The summed E-state index contributed by atoms with van der Waals surface area (Å²) in [6.07, 6.45) is 13.6. The molecule has 0 heterocycles. The molecule has 1 aromatic carbocycles. The number of aryl methyl sites for hydroxylation is 1. The van der Waals surface area contributed by atoms with Gasteiger partial charge in [-0.05, 0) is 38.3 Å². The van der Waals surface area contributed by atoms with E-state index in [0.29, 0.717) is 5.56 Å². The second-order valence-electron chi connectivity index (χ2n) is 6.95. The van der Waals surface area contributed by atoms with Crippen LogP contribution >= 0.6 is 0 Å². The van der Waals surface area contributed by atoms with Crippen LogP contribution in [0.2, 0.25) is 0 Å². The fourth-order valence-electron chi connectivity index (χ4n) is 3.08. The number of esters is 1. The Kier molecular flexibility index (Phi) is 11.3. The monoisotopic (exact) mass is 332 g/mol. The molecule has 0 aliphatic heterocycles. The van der Waals surface area contributed by atoms with E-state index in [-0.39, 0.29) is 12.1 Å². The van der Waals surface area contributed by atoms with Crippen molar-refractivity contribution in [2.24, 2.45) is 0 Å². The molecule has 0 aromatic heterocycles. The Hall–Kier alpha value is -1.31. The van der Waals surface area contributed by atoms with E-state index < -0.39 is 0 Å². The molecule has 1 unspecified atom stereocenters. The van der Waals surface area contributed by atoms with Crippen LogP contribution in [-0.4, -0.2) is 12.1 Å². The summed E-state index contributed by atoms with van der Waals surface area (Å²) in [7, 11) is 0. The van der Waals surface area contributed by atoms with Gasteiger partial charge in [0.2, 0.25) is 0 Å². The Morgan fingerprint density at radius 3 is 2.21 bits per heavy atom. The highest BCUT2D eigenvalue weighted by Gasteiger charge is 2.15. The van der Waals surface area contributed by atoms with Gasteiger partial charge < -0.3 is 4.74 Å². The van der Waals surface area contributed by atoms with E-state index in [1.165, 1.54) is 51.4 Å². The molecule has 1 atom stereocenters. The predicted octanol–water partition coefficient (Wildman–Crippen LogP) is 6.85. The molecule has 0 fully saturated rings. The molecular weight excluding hydrogens is 296 g/mol. The van der Waals surface area contributed by atoms with E-state index in [1.54, 1.807) is 0 Å². The second-order valence-corrected chi connectivity index (χ2v) is 6.95. The van der Waals surface area contributed by atoms with Crippen LogP contribution in [0.5, 0.6) is 0 Å². The number of rotatable bonds is 13. The van der Waals surface area contributed by atoms with Crippen molar-refractivity contribution >= 4 is 5.97 Å². The van der Waals surface area contributed by atoms with Gasteiger partial charge in [0.1, 0.15) is 6.10 Å². The van der Waals surface area contributed by atoms with Crippen molar-refractivity contribution in [1.29, 1.82) is 0 Å². The second kappa shape index (κ2) is 13.0. The third-order valence-corrected chi connectivity index (χ3v) is 4.52. The topological polar surface area (TPSA) is 26.3 Å². The fourth-order valence-corrected chi connectivity index (χ4v) is 3.08. The van der Waals surface area contributed by atoms with E-state index >= 15 is 0 Å². The van der Waals surface area contributed by atoms with Crippen LogP contribution in [0.4, 0.5) is 0 Å². The quantitative estimate of drug-likeness (QED) is 0.291. The Morgan fingerprint density at radius 1 is 0.917 bits per heavy atom. The molecule has 2 heteroatoms. The lowest BCUT2D eigenvalue weighted by atomic mass is 10.0. The van der Waals surface area contributed by atoms with Crippen molar-refractivity contribution in [2.45, 2.75) is 97.5 Å². The van der Waals surface area contributed by atoms with Gasteiger partial charge in [-0.25, -0.2) is 4.79 Å². The molecule has 24 heavy (non-hydrogen) atoms. The van der Waals surface area contributed by atoms with Crippen molar-refractivity contribution in [2.75, 3.05) is 0 Å². The van der Waals surface area contributed by atoms with Crippen molar-refractivity contribution in [3.8, 4) is 0 Å². The van der Waals surface area contributed by atoms with Gasteiger partial charge in [-0.2, -0.15) is 0 Å². The maximum Gasteiger partial charge on any atom is 0.338 e. The van der Waals surface area contributed by atoms with Crippen LogP contribution in [0.3, 0.4) is 0 Å². The lowest BCUT2D eigenvalue weighted by Gasteiger charge is -2.17. The van der Waals surface area contributed by atoms with Gasteiger partial charge in [0.15, 0.2) is 0 Å². The van der Waals surface area contributed by atoms with Gasteiger partial charge in [0.25, 0.3) is 0 Å². The van der Waals surface area contributed by atoms with Crippen LogP contribution in [0.1, 0.15) is 100 Å². The summed E-state index contributed by atoms with van der Waals surface area (Å²) in [5, 5.41) is 0. The van der Waals surface area contributed by atoms with Crippen molar-refractivity contribution in [3.63, 3.8) is 0 Å². The largest absolute Gasteiger partial charge is 0.459 e. The number of hydrogen-bond acceptors (Lipinski definition) is 2. The number of hydrogen-bond donors (Lipinski definition) is 0. The maximum absolute atomic E-state index is 12.3. The number of ether oxygens (including phenoxy) is 1. The minimum atomic E-state index is -0.170. The molecule has 0 saturated carbocycles. The van der Waals surface area contributed by atoms with Crippen LogP contribution in [0.15, 0.2) is 24.3 Å². The van der Waals surface area contributed by atoms with Crippen molar-refractivity contribution in [1.82, 2.24) is 0 Å².